The molecule has 8 heteroatoms. The van der Waals surface area contributed by atoms with Gasteiger partial charge in [0.1, 0.15) is 0 Å². The van der Waals surface area contributed by atoms with E-state index in [-0.39, 0.29) is 23.8 Å². The third kappa shape index (κ3) is 3.28. The first-order chi connectivity index (χ1) is 8.46. The predicted molar refractivity (Wildman–Crippen MR) is 60.9 cm³/mol. The van der Waals surface area contributed by atoms with E-state index in [1.165, 1.54) is 0 Å². The van der Waals surface area contributed by atoms with Gasteiger partial charge in [0.05, 0.1) is 17.4 Å². The van der Waals surface area contributed by atoms with Crippen molar-refractivity contribution in [2.75, 3.05) is 11.5 Å². The van der Waals surface area contributed by atoms with Crippen molar-refractivity contribution in [2.24, 2.45) is 0 Å². The number of hydrogen-bond acceptors (Lipinski definition) is 6. The Morgan fingerprint density at radius 3 is 2.83 bits per heavy atom. The van der Waals surface area contributed by atoms with Crippen LogP contribution >= 0.6 is 0 Å². The molecule has 18 heavy (non-hydrogen) atoms. The molecule has 0 saturated carbocycles. The van der Waals surface area contributed by atoms with Crippen molar-refractivity contribution in [3.05, 3.63) is 11.8 Å². The largest absolute Gasteiger partial charge is 0.481 e. The number of hydrogen-bond donors (Lipinski definition) is 1. The number of sulfone groups is 1. The Bertz CT molecular complexity index is 536. The molecule has 1 aliphatic heterocycles. The van der Waals surface area contributed by atoms with Gasteiger partial charge in [-0.15, -0.1) is 10.2 Å². The van der Waals surface area contributed by atoms with Crippen molar-refractivity contribution in [3.8, 4) is 0 Å². The lowest BCUT2D eigenvalue weighted by Gasteiger charge is -1.99. The lowest BCUT2D eigenvalue weighted by Crippen LogP contribution is -2.03. The molecule has 0 radical (unpaired) electrons. The molecule has 1 fully saturated rings. The Morgan fingerprint density at radius 1 is 1.44 bits per heavy atom. The fraction of sp³-hybridized carbons (Fsp3) is 0.700. The van der Waals surface area contributed by atoms with Gasteiger partial charge in [-0.25, -0.2) is 8.42 Å². The lowest BCUT2D eigenvalue weighted by atomic mass is 10.1. The van der Waals surface area contributed by atoms with Gasteiger partial charge in [-0.1, -0.05) is 0 Å². The molecule has 1 atom stereocenters. The number of nitrogens with zero attached hydrogens (tertiary/aromatic N) is 2. The quantitative estimate of drug-likeness (QED) is 0.826. The van der Waals surface area contributed by atoms with Crippen molar-refractivity contribution in [3.63, 3.8) is 0 Å². The van der Waals surface area contributed by atoms with Gasteiger partial charge in [-0.3, -0.25) is 4.79 Å². The first-order valence-corrected chi connectivity index (χ1v) is 7.53. The van der Waals surface area contributed by atoms with Gasteiger partial charge in [0.25, 0.3) is 0 Å². The number of aryl methyl sites for hydroxylation is 1. The van der Waals surface area contributed by atoms with Gasteiger partial charge in [-0.2, -0.15) is 0 Å². The van der Waals surface area contributed by atoms with Gasteiger partial charge >= 0.3 is 5.97 Å². The maximum absolute atomic E-state index is 11.3. The summed E-state index contributed by atoms with van der Waals surface area (Å²) in [6.07, 6.45) is 1.40. The Morgan fingerprint density at radius 2 is 2.22 bits per heavy atom. The molecule has 1 aliphatic rings. The van der Waals surface area contributed by atoms with Crippen molar-refractivity contribution in [1.82, 2.24) is 10.2 Å². The second kappa shape index (κ2) is 5.05. The Labute approximate surface area is 104 Å². The van der Waals surface area contributed by atoms with E-state index in [9.17, 15) is 13.2 Å². The average molecular weight is 274 g/mol. The van der Waals surface area contributed by atoms with E-state index in [2.05, 4.69) is 10.2 Å². The molecule has 2 rings (SSSR count). The molecule has 1 aromatic heterocycles. The van der Waals surface area contributed by atoms with Crippen LogP contribution < -0.4 is 0 Å². The zero-order valence-electron chi connectivity index (χ0n) is 9.70. The van der Waals surface area contributed by atoms with E-state index in [4.69, 9.17) is 9.52 Å². The summed E-state index contributed by atoms with van der Waals surface area (Å²) >= 11 is 0. The summed E-state index contributed by atoms with van der Waals surface area (Å²) in [5.74, 6) is -0.137. The highest BCUT2D eigenvalue weighted by Crippen LogP contribution is 2.27. The lowest BCUT2D eigenvalue weighted by molar-refractivity contribution is -0.137. The van der Waals surface area contributed by atoms with Crippen LogP contribution in [0.2, 0.25) is 0 Å². The number of aliphatic carboxylic acids is 1. The number of carbonyl (C=O) groups is 1. The minimum atomic E-state index is -2.97. The van der Waals surface area contributed by atoms with Crippen molar-refractivity contribution in [2.45, 2.75) is 31.6 Å². The first-order valence-electron chi connectivity index (χ1n) is 5.71. The van der Waals surface area contributed by atoms with Crippen molar-refractivity contribution in [1.29, 1.82) is 0 Å². The SMILES string of the molecule is O=C(O)CCCc1nnc(C2CCS(=O)(=O)C2)o1. The predicted octanol–water partition coefficient (Wildman–Crippen LogP) is 0.379. The van der Waals surface area contributed by atoms with Crippen LogP contribution in [0, 0.1) is 0 Å². The Balaban J connectivity index is 1.92. The Kier molecular flexibility index (Phi) is 3.65. The molecule has 1 unspecified atom stereocenters. The van der Waals surface area contributed by atoms with Crippen LogP contribution in [0.1, 0.15) is 37.0 Å². The minimum absolute atomic E-state index is 0.0511. The van der Waals surface area contributed by atoms with E-state index in [1.54, 1.807) is 0 Å². The fourth-order valence-corrected chi connectivity index (χ4v) is 3.65. The molecule has 0 aliphatic carbocycles. The van der Waals surface area contributed by atoms with Crippen LogP contribution in [0.4, 0.5) is 0 Å². The number of carboxylic acid groups (broad SMARTS) is 1. The summed E-state index contributed by atoms with van der Waals surface area (Å²) < 4.78 is 28.0. The number of aromatic nitrogens is 2. The van der Waals surface area contributed by atoms with E-state index in [1.807, 2.05) is 0 Å². The monoisotopic (exact) mass is 274 g/mol. The second-order valence-corrected chi connectivity index (χ2v) is 6.61. The molecular formula is C10H14N2O5S. The summed E-state index contributed by atoms with van der Waals surface area (Å²) in [6, 6.07) is 0. The maximum atomic E-state index is 11.3. The highest BCUT2D eigenvalue weighted by atomic mass is 32.2. The second-order valence-electron chi connectivity index (χ2n) is 4.38. The average Bonchev–Trinajstić information content (AvgIpc) is 2.84. The summed E-state index contributed by atoms with van der Waals surface area (Å²) in [5.41, 5.74) is 0. The van der Waals surface area contributed by atoms with Crippen LogP contribution in [-0.2, 0) is 21.1 Å². The standard InChI is InChI=1S/C10H14N2O5S/c13-9(14)3-1-2-8-11-12-10(17-8)7-4-5-18(15,16)6-7/h7H,1-6H2,(H,13,14). The zero-order chi connectivity index (χ0) is 13.2. The molecular weight excluding hydrogens is 260 g/mol. The third-order valence-electron chi connectivity index (χ3n) is 2.85. The van der Waals surface area contributed by atoms with E-state index in [0.717, 1.165) is 0 Å². The molecule has 0 aromatic carbocycles. The summed E-state index contributed by atoms with van der Waals surface area (Å²) in [4.78, 5) is 10.3. The van der Waals surface area contributed by atoms with Crippen molar-refractivity contribution >= 4 is 15.8 Å². The molecule has 0 bridgehead atoms. The zero-order valence-corrected chi connectivity index (χ0v) is 10.5. The van der Waals surface area contributed by atoms with Crippen molar-refractivity contribution < 1.29 is 22.7 Å². The first kappa shape index (κ1) is 13.0. The summed E-state index contributed by atoms with van der Waals surface area (Å²) in [7, 11) is -2.97. The van der Waals surface area contributed by atoms with Crippen LogP contribution in [-0.4, -0.2) is 41.2 Å². The van der Waals surface area contributed by atoms with Crippen LogP contribution in [0.3, 0.4) is 0 Å². The van der Waals surface area contributed by atoms with E-state index >= 15 is 0 Å². The summed E-state index contributed by atoms with van der Waals surface area (Å²) in [5, 5.41) is 16.1. The van der Waals surface area contributed by atoms with Gasteiger partial charge in [0, 0.05) is 12.8 Å². The molecule has 7 nitrogen and oxygen atoms in total. The third-order valence-corrected chi connectivity index (χ3v) is 4.61. The van der Waals surface area contributed by atoms with Crippen LogP contribution in [0.15, 0.2) is 4.42 Å². The van der Waals surface area contributed by atoms with Gasteiger partial charge in [0.2, 0.25) is 11.8 Å². The van der Waals surface area contributed by atoms with E-state index in [0.29, 0.717) is 31.0 Å². The highest BCUT2D eigenvalue weighted by molar-refractivity contribution is 7.91. The Hall–Kier alpha value is -1.44. The van der Waals surface area contributed by atoms with Gasteiger partial charge in [-0.05, 0) is 12.8 Å². The molecule has 1 saturated heterocycles. The molecule has 2 heterocycles. The minimum Gasteiger partial charge on any atom is -0.481 e. The van der Waals surface area contributed by atoms with Gasteiger partial charge < -0.3 is 9.52 Å². The summed E-state index contributed by atoms with van der Waals surface area (Å²) in [6.45, 7) is 0. The molecule has 0 amide bonds. The maximum Gasteiger partial charge on any atom is 0.303 e. The molecule has 100 valence electrons. The highest BCUT2D eigenvalue weighted by Gasteiger charge is 2.32. The molecule has 1 aromatic rings. The fourth-order valence-electron chi connectivity index (χ4n) is 1.91. The van der Waals surface area contributed by atoms with Crippen LogP contribution in [0.5, 0.6) is 0 Å². The van der Waals surface area contributed by atoms with Gasteiger partial charge in [0.15, 0.2) is 9.84 Å². The number of carboxylic acids is 1. The number of rotatable bonds is 5. The molecule has 1 N–H and O–H groups in total. The molecule has 0 spiro atoms. The smallest absolute Gasteiger partial charge is 0.303 e. The van der Waals surface area contributed by atoms with E-state index < -0.39 is 15.8 Å². The topological polar surface area (TPSA) is 110 Å². The normalized spacial score (nSPS) is 22.1. The van der Waals surface area contributed by atoms with Crippen LogP contribution in [0.25, 0.3) is 0 Å².